The van der Waals surface area contributed by atoms with Crippen LogP contribution in [-0.4, -0.2) is 21.6 Å². The van der Waals surface area contributed by atoms with Crippen LogP contribution in [0.15, 0.2) is 36.6 Å². The maximum atomic E-state index is 12.4. The lowest BCUT2D eigenvalue weighted by atomic mass is 10.00. The van der Waals surface area contributed by atoms with Crippen molar-refractivity contribution in [3.63, 3.8) is 0 Å². The molecule has 1 aromatic carbocycles. The Labute approximate surface area is 114 Å². The largest absolute Gasteiger partial charge is 0.513 e. The van der Waals surface area contributed by atoms with Crippen LogP contribution in [0, 0.1) is 0 Å². The Balaban J connectivity index is 3.00. The van der Waals surface area contributed by atoms with Gasteiger partial charge in [-0.3, -0.25) is 9.80 Å². The van der Waals surface area contributed by atoms with Crippen molar-refractivity contribution < 1.29 is 9.90 Å². The molecule has 0 spiro atoms. The van der Waals surface area contributed by atoms with Gasteiger partial charge in [-0.1, -0.05) is 24.8 Å². The summed E-state index contributed by atoms with van der Waals surface area (Å²) >= 11 is 0. The Morgan fingerprint density at radius 3 is 2.47 bits per heavy atom. The summed E-state index contributed by atoms with van der Waals surface area (Å²) in [4.78, 5) is 12.4. The third kappa shape index (κ3) is 4.10. The van der Waals surface area contributed by atoms with Crippen molar-refractivity contribution in [3.05, 3.63) is 47.7 Å². The van der Waals surface area contributed by atoms with Gasteiger partial charge in [0.05, 0.1) is 11.3 Å². The minimum absolute atomic E-state index is 0.114. The van der Waals surface area contributed by atoms with Gasteiger partial charge in [0, 0.05) is 12.0 Å². The number of hydrogen-bond acceptors (Lipinski definition) is 3. The number of carbonyl (C=O) groups excluding carboxylic acids is 1. The second-order valence-electron chi connectivity index (χ2n) is 5.57. The minimum atomic E-state index is -0.440. The fraction of sp³-hybridized carbons (Fsp3) is 0.400. The Morgan fingerprint density at radius 1 is 1.37 bits per heavy atom. The number of benzene rings is 1. The zero-order valence-electron chi connectivity index (χ0n) is 11.8. The van der Waals surface area contributed by atoms with Crippen LogP contribution in [0.3, 0.4) is 0 Å². The van der Waals surface area contributed by atoms with Crippen molar-refractivity contribution in [2.45, 2.75) is 39.2 Å². The van der Waals surface area contributed by atoms with E-state index in [1.165, 1.54) is 5.01 Å². The standard InChI is InChI=1S/C15H22N2O2/c1-11(18)9-10-12-7-5-6-8-13(12)14(19)17(16)15(2,3)4/h5-8,18H,1,9-10,16H2,2-4H3. The zero-order chi connectivity index (χ0) is 14.6. The van der Waals surface area contributed by atoms with Crippen molar-refractivity contribution in [2.24, 2.45) is 5.84 Å². The number of carbonyl (C=O) groups is 1. The number of rotatable bonds is 4. The maximum absolute atomic E-state index is 12.4. The summed E-state index contributed by atoms with van der Waals surface area (Å²) in [6.45, 7) is 9.09. The van der Waals surface area contributed by atoms with Crippen molar-refractivity contribution in [1.29, 1.82) is 0 Å². The molecule has 0 radical (unpaired) electrons. The third-order valence-corrected chi connectivity index (χ3v) is 2.87. The number of aryl methyl sites for hydroxylation is 1. The first-order valence-corrected chi connectivity index (χ1v) is 6.27. The molecule has 0 unspecified atom stereocenters. The second kappa shape index (κ2) is 5.89. The minimum Gasteiger partial charge on any atom is -0.513 e. The number of hydrogen-bond donors (Lipinski definition) is 2. The Hall–Kier alpha value is -1.81. The van der Waals surface area contributed by atoms with Gasteiger partial charge in [0.1, 0.15) is 0 Å². The molecule has 1 rings (SSSR count). The lowest BCUT2D eigenvalue weighted by molar-refractivity contribution is 0.0580. The molecule has 0 saturated heterocycles. The van der Waals surface area contributed by atoms with Crippen LogP contribution in [0.2, 0.25) is 0 Å². The number of amides is 1. The lowest BCUT2D eigenvalue weighted by Gasteiger charge is -2.31. The molecule has 0 aliphatic rings. The molecule has 0 saturated carbocycles. The first-order chi connectivity index (χ1) is 8.73. The van der Waals surface area contributed by atoms with Gasteiger partial charge in [0.2, 0.25) is 0 Å². The summed E-state index contributed by atoms with van der Waals surface area (Å²) < 4.78 is 0. The predicted octanol–water partition coefficient (Wildman–Crippen LogP) is 2.81. The van der Waals surface area contributed by atoms with E-state index in [0.29, 0.717) is 18.4 Å². The highest BCUT2D eigenvalue weighted by molar-refractivity contribution is 5.95. The number of aliphatic hydroxyl groups excluding tert-OH is 1. The van der Waals surface area contributed by atoms with Crippen LogP contribution in [0.1, 0.15) is 43.1 Å². The highest BCUT2D eigenvalue weighted by Crippen LogP contribution is 2.18. The number of hydrazine groups is 1. The molecular weight excluding hydrogens is 240 g/mol. The molecular formula is C15H22N2O2. The van der Waals surface area contributed by atoms with Crippen LogP contribution in [0.25, 0.3) is 0 Å². The SMILES string of the molecule is C=C(O)CCc1ccccc1C(=O)N(N)C(C)(C)C. The Morgan fingerprint density at radius 2 is 1.95 bits per heavy atom. The first-order valence-electron chi connectivity index (χ1n) is 6.27. The predicted molar refractivity (Wildman–Crippen MR) is 76.6 cm³/mol. The molecule has 1 amide bonds. The monoisotopic (exact) mass is 262 g/mol. The van der Waals surface area contributed by atoms with Gasteiger partial charge in [0.15, 0.2) is 0 Å². The molecule has 0 aromatic heterocycles. The molecule has 0 heterocycles. The molecule has 19 heavy (non-hydrogen) atoms. The van der Waals surface area contributed by atoms with E-state index in [2.05, 4.69) is 6.58 Å². The van der Waals surface area contributed by atoms with Crippen molar-refractivity contribution in [2.75, 3.05) is 0 Å². The fourth-order valence-electron chi connectivity index (χ4n) is 1.66. The summed E-state index contributed by atoms with van der Waals surface area (Å²) in [5.74, 6) is 5.77. The first kappa shape index (κ1) is 15.2. The molecule has 4 heteroatoms. The van der Waals surface area contributed by atoms with E-state index in [1.54, 1.807) is 12.1 Å². The van der Waals surface area contributed by atoms with Crippen LogP contribution in [-0.2, 0) is 6.42 Å². The maximum Gasteiger partial charge on any atom is 0.268 e. The summed E-state index contributed by atoms with van der Waals surface area (Å²) in [6, 6.07) is 7.29. The van der Waals surface area contributed by atoms with Crippen LogP contribution < -0.4 is 5.84 Å². The Bertz CT molecular complexity index is 475. The average molecular weight is 262 g/mol. The molecule has 104 valence electrons. The molecule has 4 nitrogen and oxygen atoms in total. The lowest BCUT2D eigenvalue weighted by Crippen LogP contribution is -2.50. The van der Waals surface area contributed by atoms with Gasteiger partial charge in [0.25, 0.3) is 5.91 Å². The number of nitrogens with zero attached hydrogens (tertiary/aromatic N) is 1. The molecule has 1 aromatic rings. The molecule has 0 aliphatic carbocycles. The van der Waals surface area contributed by atoms with E-state index < -0.39 is 5.54 Å². The number of nitrogens with two attached hydrogens (primary N) is 1. The van der Waals surface area contributed by atoms with E-state index >= 15 is 0 Å². The summed E-state index contributed by atoms with van der Waals surface area (Å²) in [6.07, 6.45) is 1.000. The van der Waals surface area contributed by atoms with Gasteiger partial charge in [-0.15, -0.1) is 0 Å². The van der Waals surface area contributed by atoms with Crippen LogP contribution >= 0.6 is 0 Å². The molecule has 0 fully saturated rings. The van der Waals surface area contributed by atoms with Crippen molar-refractivity contribution >= 4 is 5.91 Å². The molecule has 0 atom stereocenters. The van der Waals surface area contributed by atoms with E-state index in [0.717, 1.165) is 5.56 Å². The zero-order valence-corrected chi connectivity index (χ0v) is 11.8. The molecule has 0 bridgehead atoms. The van der Waals surface area contributed by atoms with Gasteiger partial charge in [-0.05, 0) is 38.8 Å². The number of aliphatic hydroxyl groups is 1. The van der Waals surface area contributed by atoms with E-state index in [9.17, 15) is 4.79 Å². The third-order valence-electron chi connectivity index (χ3n) is 2.87. The van der Waals surface area contributed by atoms with Gasteiger partial charge in [-0.25, -0.2) is 5.84 Å². The molecule has 0 aliphatic heterocycles. The van der Waals surface area contributed by atoms with E-state index in [-0.39, 0.29) is 11.7 Å². The summed E-state index contributed by atoms with van der Waals surface area (Å²) in [7, 11) is 0. The second-order valence-corrected chi connectivity index (χ2v) is 5.57. The normalized spacial score (nSPS) is 11.2. The van der Waals surface area contributed by atoms with E-state index in [4.69, 9.17) is 10.9 Å². The van der Waals surface area contributed by atoms with Gasteiger partial charge >= 0.3 is 0 Å². The van der Waals surface area contributed by atoms with Gasteiger partial charge in [-0.2, -0.15) is 0 Å². The topological polar surface area (TPSA) is 66.6 Å². The average Bonchev–Trinajstić information content (AvgIpc) is 2.33. The molecule has 3 N–H and O–H groups in total. The van der Waals surface area contributed by atoms with Crippen molar-refractivity contribution in [1.82, 2.24) is 5.01 Å². The van der Waals surface area contributed by atoms with E-state index in [1.807, 2.05) is 32.9 Å². The summed E-state index contributed by atoms with van der Waals surface area (Å²) in [5.41, 5.74) is 0.994. The van der Waals surface area contributed by atoms with Crippen LogP contribution in [0.4, 0.5) is 0 Å². The van der Waals surface area contributed by atoms with Gasteiger partial charge < -0.3 is 5.11 Å². The number of allylic oxidation sites excluding steroid dienone is 1. The smallest absolute Gasteiger partial charge is 0.268 e. The highest BCUT2D eigenvalue weighted by Gasteiger charge is 2.25. The Kier molecular flexibility index (Phi) is 4.72. The quantitative estimate of drug-likeness (QED) is 0.379. The highest BCUT2D eigenvalue weighted by atomic mass is 16.3. The fourth-order valence-corrected chi connectivity index (χ4v) is 1.66. The van der Waals surface area contributed by atoms with Crippen molar-refractivity contribution in [3.8, 4) is 0 Å². The van der Waals surface area contributed by atoms with Crippen LogP contribution in [0.5, 0.6) is 0 Å². The summed E-state index contributed by atoms with van der Waals surface area (Å²) in [5, 5.41) is 10.4.